The molecule has 1 unspecified atom stereocenters. The Morgan fingerprint density at radius 2 is 1.69 bits per heavy atom. The fourth-order valence-corrected chi connectivity index (χ4v) is 4.00. The van der Waals surface area contributed by atoms with Gasteiger partial charge in [0.1, 0.15) is 17.1 Å². The van der Waals surface area contributed by atoms with Crippen molar-refractivity contribution < 1.29 is 5.11 Å². The summed E-state index contributed by atoms with van der Waals surface area (Å²) >= 11 is 1.65. The highest BCUT2D eigenvalue weighted by Gasteiger charge is 2.23. The van der Waals surface area contributed by atoms with Crippen LogP contribution in [0.25, 0.3) is 0 Å². The number of benzene rings is 1. The number of nitrogens with one attached hydrogen (secondary N) is 2. The van der Waals surface area contributed by atoms with E-state index in [-0.39, 0.29) is 17.8 Å². The standard InChI is InChI=1S/C22H27N3O3S/c1-14(10-16-8-9-29-13-16)24-20-19(21(27)22(20)28)23-12-17(25(2)3)11-15-4-6-18(26)7-5-15/h4-9,13-14,17,23-24,26H,10-12H2,1-3H3/t14-,17?/m1/s1. The molecule has 3 aromatic rings. The first-order chi connectivity index (χ1) is 13.8. The summed E-state index contributed by atoms with van der Waals surface area (Å²) in [7, 11) is 3.97. The first-order valence-corrected chi connectivity index (χ1v) is 10.6. The highest BCUT2D eigenvalue weighted by molar-refractivity contribution is 7.07. The van der Waals surface area contributed by atoms with Gasteiger partial charge in [-0.25, -0.2) is 0 Å². The maximum absolute atomic E-state index is 12.1. The molecular formula is C22H27N3O3S. The molecule has 2 atom stereocenters. The largest absolute Gasteiger partial charge is 0.508 e. The molecule has 0 radical (unpaired) electrons. The second kappa shape index (κ2) is 9.24. The van der Waals surface area contributed by atoms with Gasteiger partial charge in [0.15, 0.2) is 0 Å². The minimum absolute atomic E-state index is 0.0510. The first-order valence-electron chi connectivity index (χ1n) is 9.64. The summed E-state index contributed by atoms with van der Waals surface area (Å²) in [6.07, 6.45) is 1.55. The van der Waals surface area contributed by atoms with Crippen molar-refractivity contribution in [3.8, 4) is 5.75 Å². The lowest BCUT2D eigenvalue weighted by Crippen LogP contribution is -2.43. The van der Waals surface area contributed by atoms with E-state index in [4.69, 9.17) is 0 Å². The molecule has 0 saturated carbocycles. The summed E-state index contributed by atoms with van der Waals surface area (Å²) in [4.78, 5) is 26.2. The molecule has 3 rings (SSSR count). The van der Waals surface area contributed by atoms with Crippen molar-refractivity contribution in [2.75, 3.05) is 31.3 Å². The predicted molar refractivity (Wildman–Crippen MR) is 120 cm³/mol. The van der Waals surface area contributed by atoms with E-state index in [1.165, 1.54) is 5.56 Å². The van der Waals surface area contributed by atoms with Gasteiger partial charge in [0, 0.05) is 18.6 Å². The summed E-state index contributed by atoms with van der Waals surface area (Å²) in [6.45, 7) is 2.54. The summed E-state index contributed by atoms with van der Waals surface area (Å²) in [5.41, 5.74) is 2.16. The van der Waals surface area contributed by atoms with Crippen LogP contribution in [0, 0.1) is 0 Å². The highest BCUT2D eigenvalue weighted by Crippen LogP contribution is 2.19. The second-order valence-electron chi connectivity index (χ2n) is 7.66. The SMILES string of the molecule is C[C@H](Cc1ccsc1)Nc1c(NCC(Cc2ccc(O)cc2)N(C)C)c(=O)c1=O. The molecule has 0 spiro atoms. The van der Waals surface area contributed by atoms with E-state index in [1.807, 2.05) is 38.5 Å². The first kappa shape index (κ1) is 21.1. The molecule has 1 heterocycles. The van der Waals surface area contributed by atoms with E-state index >= 15 is 0 Å². The van der Waals surface area contributed by atoms with Crippen molar-refractivity contribution in [1.29, 1.82) is 0 Å². The number of thiophene rings is 1. The van der Waals surface area contributed by atoms with E-state index in [0.29, 0.717) is 17.9 Å². The van der Waals surface area contributed by atoms with Crippen LogP contribution in [-0.4, -0.2) is 42.7 Å². The summed E-state index contributed by atoms with van der Waals surface area (Å²) in [5, 5.41) is 20.0. The van der Waals surface area contributed by atoms with Crippen molar-refractivity contribution in [3.05, 3.63) is 72.7 Å². The Morgan fingerprint density at radius 3 is 2.31 bits per heavy atom. The lowest BCUT2D eigenvalue weighted by Gasteiger charge is -2.26. The number of aromatic hydroxyl groups is 1. The van der Waals surface area contributed by atoms with E-state index in [9.17, 15) is 14.7 Å². The van der Waals surface area contributed by atoms with Crippen molar-refractivity contribution in [2.45, 2.75) is 31.8 Å². The van der Waals surface area contributed by atoms with Crippen molar-refractivity contribution in [2.24, 2.45) is 0 Å². The van der Waals surface area contributed by atoms with Crippen LogP contribution >= 0.6 is 11.3 Å². The molecule has 0 aliphatic heterocycles. The second-order valence-corrected chi connectivity index (χ2v) is 8.44. The van der Waals surface area contributed by atoms with Crippen LogP contribution in [0.2, 0.25) is 0 Å². The van der Waals surface area contributed by atoms with E-state index < -0.39 is 10.9 Å². The van der Waals surface area contributed by atoms with Crippen LogP contribution < -0.4 is 21.5 Å². The van der Waals surface area contributed by atoms with Crippen LogP contribution in [0.4, 0.5) is 11.4 Å². The van der Waals surface area contributed by atoms with Gasteiger partial charge in [-0.05, 0) is 73.9 Å². The zero-order valence-electron chi connectivity index (χ0n) is 16.9. The Bertz CT molecular complexity index is 990. The number of hydrogen-bond donors (Lipinski definition) is 3. The van der Waals surface area contributed by atoms with Gasteiger partial charge in [0.05, 0.1) is 0 Å². The van der Waals surface area contributed by atoms with Gasteiger partial charge in [-0.2, -0.15) is 11.3 Å². The summed E-state index contributed by atoms with van der Waals surface area (Å²) in [6, 6.07) is 9.36. The number of hydrogen-bond acceptors (Lipinski definition) is 7. The number of phenols is 1. The van der Waals surface area contributed by atoms with E-state index in [2.05, 4.69) is 27.0 Å². The molecule has 0 saturated heterocycles. The molecule has 1 aromatic heterocycles. The maximum atomic E-state index is 12.1. The summed E-state index contributed by atoms with van der Waals surface area (Å²) in [5.74, 6) is 0.240. The average Bonchev–Trinajstić information content (AvgIpc) is 3.20. The monoisotopic (exact) mass is 413 g/mol. The fourth-order valence-electron chi connectivity index (χ4n) is 3.32. The molecule has 0 fully saturated rings. The molecule has 6 nitrogen and oxygen atoms in total. The normalized spacial score (nSPS) is 13.5. The highest BCUT2D eigenvalue weighted by atomic mass is 32.1. The Labute approximate surface area is 174 Å². The Hall–Kier alpha value is -2.64. The van der Waals surface area contributed by atoms with Crippen LogP contribution in [0.15, 0.2) is 50.7 Å². The lowest BCUT2D eigenvalue weighted by molar-refractivity contribution is 0.303. The number of phenolic OH excluding ortho intramolecular Hbond substituents is 1. The van der Waals surface area contributed by atoms with E-state index in [1.54, 1.807) is 23.5 Å². The predicted octanol–water partition coefficient (Wildman–Crippen LogP) is 2.68. The van der Waals surface area contributed by atoms with Gasteiger partial charge in [-0.1, -0.05) is 12.1 Å². The lowest BCUT2D eigenvalue weighted by atomic mass is 10.0. The average molecular weight is 414 g/mol. The van der Waals surface area contributed by atoms with Gasteiger partial charge in [-0.15, -0.1) is 0 Å². The van der Waals surface area contributed by atoms with Gasteiger partial charge >= 0.3 is 0 Å². The quantitative estimate of drug-likeness (QED) is 0.444. The zero-order chi connectivity index (χ0) is 21.0. The van der Waals surface area contributed by atoms with Gasteiger partial charge in [0.2, 0.25) is 0 Å². The number of likely N-dealkylation sites (N-methyl/N-ethyl adjacent to an activating group) is 1. The Morgan fingerprint density at radius 1 is 1.00 bits per heavy atom. The van der Waals surface area contributed by atoms with Crippen LogP contribution in [0.1, 0.15) is 18.1 Å². The third-order valence-electron chi connectivity index (χ3n) is 5.08. The minimum atomic E-state index is -0.461. The van der Waals surface area contributed by atoms with Gasteiger partial charge in [0.25, 0.3) is 10.9 Å². The zero-order valence-corrected chi connectivity index (χ0v) is 17.8. The molecule has 3 N–H and O–H groups in total. The van der Waals surface area contributed by atoms with Crippen molar-refractivity contribution >= 4 is 22.7 Å². The molecule has 0 aliphatic rings. The van der Waals surface area contributed by atoms with Gasteiger partial charge in [-0.3, -0.25) is 9.59 Å². The number of rotatable bonds is 10. The van der Waals surface area contributed by atoms with E-state index in [0.717, 1.165) is 18.4 Å². The molecule has 29 heavy (non-hydrogen) atoms. The molecular weight excluding hydrogens is 386 g/mol. The summed E-state index contributed by atoms with van der Waals surface area (Å²) < 4.78 is 0. The number of anilines is 2. The minimum Gasteiger partial charge on any atom is -0.508 e. The molecule has 0 bridgehead atoms. The Kier molecular flexibility index (Phi) is 6.71. The van der Waals surface area contributed by atoms with Crippen molar-refractivity contribution in [1.82, 2.24) is 4.90 Å². The maximum Gasteiger partial charge on any atom is 0.253 e. The molecule has 0 amide bonds. The third-order valence-corrected chi connectivity index (χ3v) is 5.81. The third kappa shape index (κ3) is 5.25. The molecule has 7 heteroatoms. The molecule has 2 aromatic carbocycles. The Balaban J connectivity index is 1.63. The van der Waals surface area contributed by atoms with Crippen LogP contribution in [-0.2, 0) is 12.8 Å². The van der Waals surface area contributed by atoms with Crippen molar-refractivity contribution in [3.63, 3.8) is 0 Å². The molecule has 154 valence electrons. The topological polar surface area (TPSA) is 81.7 Å². The fraction of sp³-hybridized carbons (Fsp3) is 0.364. The van der Waals surface area contributed by atoms with Gasteiger partial charge < -0.3 is 20.6 Å². The molecule has 0 aliphatic carbocycles. The number of nitrogens with zero attached hydrogens (tertiary/aromatic N) is 1. The van der Waals surface area contributed by atoms with Crippen LogP contribution in [0.5, 0.6) is 5.75 Å². The van der Waals surface area contributed by atoms with Crippen LogP contribution in [0.3, 0.4) is 0 Å². The smallest absolute Gasteiger partial charge is 0.253 e.